The quantitative estimate of drug-likeness (QED) is 0.849. The number of carbonyl (C=O) groups is 2. The van der Waals surface area contributed by atoms with Crippen LogP contribution in [-0.4, -0.2) is 49.7 Å². The summed E-state index contributed by atoms with van der Waals surface area (Å²) < 4.78 is 9.83. The molecule has 2 rings (SSSR count). The van der Waals surface area contributed by atoms with Crippen LogP contribution in [0.15, 0.2) is 24.3 Å². The van der Waals surface area contributed by atoms with Crippen LogP contribution in [0.1, 0.15) is 12.0 Å². The number of carbonyl (C=O) groups excluding carboxylic acids is 2. The molecule has 1 aromatic rings. The molecule has 122 valence electrons. The lowest BCUT2D eigenvalue weighted by molar-refractivity contribution is -0.118. The third-order valence-corrected chi connectivity index (χ3v) is 3.08. The molecule has 0 spiro atoms. The van der Waals surface area contributed by atoms with Crippen LogP contribution in [0.2, 0.25) is 0 Å². The highest BCUT2D eigenvalue weighted by Crippen LogP contribution is 2.15. The van der Waals surface area contributed by atoms with Crippen molar-refractivity contribution < 1.29 is 19.1 Å². The predicted octanol–water partition coefficient (Wildman–Crippen LogP) is 0.647. The van der Waals surface area contributed by atoms with Gasteiger partial charge in [0.1, 0.15) is 5.75 Å². The van der Waals surface area contributed by atoms with Crippen molar-refractivity contribution in [2.75, 3.05) is 32.8 Å². The molecule has 0 aromatic heterocycles. The first kappa shape index (κ1) is 17.9. The van der Waals surface area contributed by atoms with Gasteiger partial charge in [-0.3, -0.25) is 9.69 Å². The second kappa shape index (κ2) is 9.75. The summed E-state index contributed by atoms with van der Waals surface area (Å²) in [4.78, 5) is 22.9. The lowest BCUT2D eigenvalue weighted by atomic mass is 10.2. The molecule has 0 saturated carbocycles. The van der Waals surface area contributed by atoms with Crippen LogP contribution in [0.5, 0.6) is 5.75 Å². The molecule has 0 radical (unpaired) electrons. The van der Waals surface area contributed by atoms with Crippen molar-refractivity contribution >= 4 is 12.0 Å². The van der Waals surface area contributed by atoms with Gasteiger partial charge < -0.3 is 20.9 Å². The van der Waals surface area contributed by atoms with E-state index >= 15 is 0 Å². The molecule has 1 aromatic carbocycles. The van der Waals surface area contributed by atoms with E-state index in [2.05, 4.69) is 9.64 Å². The fourth-order valence-electron chi connectivity index (χ4n) is 1.87. The van der Waals surface area contributed by atoms with E-state index in [4.69, 9.17) is 16.2 Å². The first-order valence-corrected chi connectivity index (χ1v) is 7.10. The van der Waals surface area contributed by atoms with E-state index in [0.717, 1.165) is 38.4 Å². The molecule has 2 amide bonds. The van der Waals surface area contributed by atoms with Gasteiger partial charge in [-0.05, 0) is 18.6 Å². The molecule has 7 nitrogen and oxygen atoms in total. The van der Waals surface area contributed by atoms with Crippen LogP contribution >= 0.6 is 0 Å². The van der Waals surface area contributed by atoms with E-state index in [1.54, 1.807) is 12.1 Å². The summed E-state index contributed by atoms with van der Waals surface area (Å²) in [6, 6.07) is 7.19. The molecule has 1 aliphatic heterocycles. The number of benzene rings is 1. The Morgan fingerprint density at radius 3 is 2.41 bits per heavy atom. The minimum Gasteiger partial charge on any atom is -0.410 e. The van der Waals surface area contributed by atoms with Crippen LogP contribution in [-0.2, 0) is 9.53 Å². The third-order valence-electron chi connectivity index (χ3n) is 3.08. The van der Waals surface area contributed by atoms with Crippen molar-refractivity contribution in [3.05, 3.63) is 29.8 Å². The number of morpholine rings is 1. The highest BCUT2D eigenvalue weighted by molar-refractivity contribution is 5.73. The maximum atomic E-state index is 10.4. The maximum absolute atomic E-state index is 10.4. The Bertz CT molecular complexity index is 487. The number of hydrogen-bond acceptors (Lipinski definition) is 5. The monoisotopic (exact) mass is 309 g/mol. The molecular formula is C15H23N3O4. The van der Waals surface area contributed by atoms with Crippen molar-refractivity contribution in [2.24, 2.45) is 11.5 Å². The van der Waals surface area contributed by atoms with Crippen LogP contribution < -0.4 is 16.2 Å². The molecule has 7 heteroatoms. The highest BCUT2D eigenvalue weighted by Gasteiger charge is 2.10. The second-order valence-electron chi connectivity index (χ2n) is 4.86. The zero-order valence-electron chi connectivity index (χ0n) is 12.8. The SMILES string of the molecule is Cc1ccccc1OC(N)=O.NC(=O)CCN1CCOCC1. The summed E-state index contributed by atoms with van der Waals surface area (Å²) in [6.45, 7) is 6.02. The van der Waals surface area contributed by atoms with E-state index in [9.17, 15) is 9.59 Å². The van der Waals surface area contributed by atoms with Crippen molar-refractivity contribution in [3.8, 4) is 5.75 Å². The number of hydrogen-bond donors (Lipinski definition) is 2. The number of aryl methyl sites for hydroxylation is 1. The van der Waals surface area contributed by atoms with Crippen LogP contribution in [0.25, 0.3) is 0 Å². The highest BCUT2D eigenvalue weighted by atomic mass is 16.5. The predicted molar refractivity (Wildman–Crippen MR) is 82.5 cm³/mol. The maximum Gasteiger partial charge on any atom is 0.409 e. The Hall–Kier alpha value is -2.12. The second-order valence-corrected chi connectivity index (χ2v) is 4.86. The van der Waals surface area contributed by atoms with Gasteiger partial charge >= 0.3 is 6.09 Å². The topological polar surface area (TPSA) is 108 Å². The van der Waals surface area contributed by atoms with Gasteiger partial charge in [0, 0.05) is 26.1 Å². The van der Waals surface area contributed by atoms with Gasteiger partial charge in [0.15, 0.2) is 0 Å². The van der Waals surface area contributed by atoms with E-state index in [1.807, 2.05) is 19.1 Å². The average molecular weight is 309 g/mol. The van der Waals surface area contributed by atoms with E-state index in [-0.39, 0.29) is 5.91 Å². The van der Waals surface area contributed by atoms with Gasteiger partial charge in [-0.2, -0.15) is 0 Å². The molecule has 0 unspecified atom stereocenters. The minimum atomic E-state index is -0.778. The Balaban J connectivity index is 0.000000220. The number of para-hydroxylation sites is 1. The molecule has 4 N–H and O–H groups in total. The number of ether oxygens (including phenoxy) is 2. The number of rotatable bonds is 4. The average Bonchev–Trinajstić information content (AvgIpc) is 2.49. The smallest absolute Gasteiger partial charge is 0.409 e. The summed E-state index contributed by atoms with van der Waals surface area (Å²) >= 11 is 0. The Morgan fingerprint density at radius 1 is 1.23 bits per heavy atom. The summed E-state index contributed by atoms with van der Waals surface area (Å²) in [5.41, 5.74) is 10.7. The molecule has 22 heavy (non-hydrogen) atoms. The standard InChI is InChI=1S/C8H9NO2.C7H14N2O2/c1-6-4-2-3-5-7(6)11-8(9)10;8-7(10)1-2-9-3-5-11-6-4-9/h2-5H,1H3,(H2,9,10);1-6H2,(H2,8,10). The third kappa shape index (κ3) is 7.61. The molecule has 0 bridgehead atoms. The minimum absolute atomic E-state index is 0.225. The first-order chi connectivity index (χ1) is 10.5. The molecule has 1 aliphatic rings. The molecule has 1 saturated heterocycles. The van der Waals surface area contributed by atoms with Gasteiger partial charge in [-0.1, -0.05) is 18.2 Å². The van der Waals surface area contributed by atoms with Crippen molar-refractivity contribution in [1.82, 2.24) is 4.90 Å². The summed E-state index contributed by atoms with van der Waals surface area (Å²) in [6.07, 6.45) is -0.320. The fraction of sp³-hybridized carbons (Fsp3) is 0.467. The fourth-order valence-corrected chi connectivity index (χ4v) is 1.87. The van der Waals surface area contributed by atoms with Crippen molar-refractivity contribution in [3.63, 3.8) is 0 Å². The van der Waals surface area contributed by atoms with Crippen LogP contribution in [0.3, 0.4) is 0 Å². The zero-order valence-corrected chi connectivity index (χ0v) is 12.8. The summed E-state index contributed by atoms with van der Waals surface area (Å²) in [7, 11) is 0. The molecular weight excluding hydrogens is 286 g/mol. The lowest BCUT2D eigenvalue weighted by Crippen LogP contribution is -2.38. The Morgan fingerprint density at radius 2 is 1.86 bits per heavy atom. The van der Waals surface area contributed by atoms with E-state index in [1.165, 1.54) is 0 Å². The van der Waals surface area contributed by atoms with E-state index < -0.39 is 6.09 Å². The molecule has 1 fully saturated rings. The summed E-state index contributed by atoms with van der Waals surface area (Å²) in [5.74, 6) is 0.288. The lowest BCUT2D eigenvalue weighted by Gasteiger charge is -2.25. The zero-order chi connectivity index (χ0) is 16.4. The number of nitrogens with zero attached hydrogens (tertiary/aromatic N) is 1. The summed E-state index contributed by atoms with van der Waals surface area (Å²) in [5, 5.41) is 0. The number of primary amides is 2. The van der Waals surface area contributed by atoms with Gasteiger partial charge in [0.05, 0.1) is 13.2 Å². The van der Waals surface area contributed by atoms with Gasteiger partial charge in [-0.25, -0.2) is 4.79 Å². The van der Waals surface area contributed by atoms with Crippen molar-refractivity contribution in [2.45, 2.75) is 13.3 Å². The van der Waals surface area contributed by atoms with Gasteiger partial charge in [0.2, 0.25) is 5.91 Å². The van der Waals surface area contributed by atoms with Gasteiger partial charge in [0.25, 0.3) is 0 Å². The van der Waals surface area contributed by atoms with E-state index in [0.29, 0.717) is 12.2 Å². The van der Waals surface area contributed by atoms with Crippen LogP contribution in [0.4, 0.5) is 4.79 Å². The molecule has 0 atom stereocenters. The Labute approximate surface area is 130 Å². The van der Waals surface area contributed by atoms with Crippen LogP contribution in [0, 0.1) is 6.92 Å². The Kier molecular flexibility index (Phi) is 7.95. The molecule has 0 aliphatic carbocycles. The largest absolute Gasteiger partial charge is 0.410 e. The normalized spacial score (nSPS) is 14.6. The molecule has 1 heterocycles. The van der Waals surface area contributed by atoms with Crippen molar-refractivity contribution in [1.29, 1.82) is 0 Å². The first-order valence-electron chi connectivity index (χ1n) is 7.10. The number of amides is 2. The number of nitrogens with two attached hydrogens (primary N) is 2. The van der Waals surface area contributed by atoms with Gasteiger partial charge in [-0.15, -0.1) is 0 Å².